The van der Waals surface area contributed by atoms with E-state index in [9.17, 15) is 0 Å². The molecular weight excluding hydrogens is 154 g/mol. The summed E-state index contributed by atoms with van der Waals surface area (Å²) >= 11 is 1.66. The summed E-state index contributed by atoms with van der Waals surface area (Å²) < 4.78 is 0. The third-order valence-electron chi connectivity index (χ3n) is 2.57. The van der Waals surface area contributed by atoms with Crippen molar-refractivity contribution in [3.8, 4) is 0 Å². The fourth-order valence-corrected chi connectivity index (χ4v) is 2.43. The van der Waals surface area contributed by atoms with E-state index in [1.165, 1.54) is 18.4 Å². The first-order valence-electron chi connectivity index (χ1n) is 4.15. The largest absolute Gasteiger partial charge is 0.390 e. The number of nitrogen functional groups attached to an aromatic ring is 1. The zero-order chi connectivity index (χ0) is 7.84. The van der Waals surface area contributed by atoms with E-state index >= 15 is 0 Å². The fourth-order valence-electron chi connectivity index (χ4n) is 1.72. The van der Waals surface area contributed by atoms with Crippen LogP contribution in [0.2, 0.25) is 0 Å². The first-order chi connectivity index (χ1) is 5.33. The molecule has 1 aliphatic rings. The van der Waals surface area contributed by atoms with Gasteiger partial charge < -0.3 is 5.73 Å². The molecule has 1 aromatic heterocycles. The van der Waals surface area contributed by atoms with Gasteiger partial charge in [0.25, 0.3) is 0 Å². The normalized spacial score (nSPS) is 28.8. The summed E-state index contributed by atoms with van der Waals surface area (Å²) in [5, 5.41) is 3.13. The maximum absolute atomic E-state index is 5.82. The second-order valence-electron chi connectivity index (χ2n) is 3.25. The van der Waals surface area contributed by atoms with Gasteiger partial charge in [0.05, 0.1) is 5.00 Å². The Hall–Kier alpha value is -0.500. The maximum Gasteiger partial charge on any atom is 0.0891 e. The SMILES string of the molecule is CCC1CC1c1ccsc1N. The minimum Gasteiger partial charge on any atom is -0.390 e. The number of thiophene rings is 1. The van der Waals surface area contributed by atoms with E-state index in [2.05, 4.69) is 18.4 Å². The molecule has 1 heterocycles. The van der Waals surface area contributed by atoms with Crippen LogP contribution in [0.3, 0.4) is 0 Å². The van der Waals surface area contributed by atoms with Crippen molar-refractivity contribution >= 4 is 16.3 Å². The molecule has 0 spiro atoms. The first kappa shape index (κ1) is 7.17. The molecule has 1 aromatic rings. The standard InChI is InChI=1S/C9H13NS/c1-2-6-5-8(6)7-3-4-11-9(7)10/h3-4,6,8H,2,5,10H2,1H3. The molecule has 1 saturated carbocycles. The Labute approximate surface area is 71.2 Å². The molecule has 0 amide bonds. The number of hydrogen-bond donors (Lipinski definition) is 1. The van der Waals surface area contributed by atoms with E-state index in [0.717, 1.165) is 16.8 Å². The van der Waals surface area contributed by atoms with E-state index in [0.29, 0.717) is 0 Å². The van der Waals surface area contributed by atoms with Gasteiger partial charge in [-0.3, -0.25) is 0 Å². The van der Waals surface area contributed by atoms with Gasteiger partial charge in [-0.25, -0.2) is 0 Å². The summed E-state index contributed by atoms with van der Waals surface area (Å²) in [6, 6.07) is 2.18. The van der Waals surface area contributed by atoms with Crippen molar-refractivity contribution in [2.75, 3.05) is 5.73 Å². The highest BCUT2D eigenvalue weighted by atomic mass is 32.1. The zero-order valence-corrected chi connectivity index (χ0v) is 7.53. The van der Waals surface area contributed by atoms with Crippen LogP contribution in [-0.2, 0) is 0 Å². The summed E-state index contributed by atoms with van der Waals surface area (Å²) in [7, 11) is 0. The summed E-state index contributed by atoms with van der Waals surface area (Å²) in [6.07, 6.45) is 2.66. The molecule has 1 aliphatic carbocycles. The van der Waals surface area contributed by atoms with Crippen LogP contribution < -0.4 is 5.73 Å². The Bertz CT molecular complexity index is 254. The first-order valence-corrected chi connectivity index (χ1v) is 5.03. The Morgan fingerprint density at radius 2 is 2.55 bits per heavy atom. The van der Waals surface area contributed by atoms with Crippen LogP contribution in [0.4, 0.5) is 5.00 Å². The summed E-state index contributed by atoms with van der Waals surface area (Å²) in [6.45, 7) is 2.26. The topological polar surface area (TPSA) is 26.0 Å². The van der Waals surface area contributed by atoms with Crippen LogP contribution in [0.25, 0.3) is 0 Å². The second kappa shape index (κ2) is 2.52. The Balaban J connectivity index is 2.14. The van der Waals surface area contributed by atoms with Gasteiger partial charge in [-0.2, -0.15) is 0 Å². The van der Waals surface area contributed by atoms with Gasteiger partial charge in [0.2, 0.25) is 0 Å². The van der Waals surface area contributed by atoms with Crippen LogP contribution >= 0.6 is 11.3 Å². The predicted octanol–water partition coefficient (Wildman–Crippen LogP) is 2.84. The number of hydrogen-bond acceptors (Lipinski definition) is 2. The lowest BCUT2D eigenvalue weighted by atomic mass is 10.1. The lowest BCUT2D eigenvalue weighted by Crippen LogP contribution is -1.86. The molecule has 0 bridgehead atoms. The highest BCUT2D eigenvalue weighted by Crippen LogP contribution is 2.51. The molecule has 0 radical (unpaired) electrons. The van der Waals surface area contributed by atoms with Crippen molar-refractivity contribution in [3.05, 3.63) is 17.0 Å². The van der Waals surface area contributed by atoms with E-state index in [1.807, 2.05) is 0 Å². The smallest absolute Gasteiger partial charge is 0.0891 e. The third-order valence-corrected chi connectivity index (χ3v) is 3.34. The summed E-state index contributed by atoms with van der Waals surface area (Å²) in [5.41, 5.74) is 7.22. The minimum atomic E-state index is 0.797. The van der Waals surface area contributed by atoms with Gasteiger partial charge in [0.15, 0.2) is 0 Å². The van der Waals surface area contributed by atoms with Crippen molar-refractivity contribution in [2.24, 2.45) is 5.92 Å². The summed E-state index contributed by atoms with van der Waals surface area (Å²) in [4.78, 5) is 0. The van der Waals surface area contributed by atoms with Crippen molar-refractivity contribution in [2.45, 2.75) is 25.7 Å². The molecule has 0 saturated heterocycles. The molecular formula is C9H13NS. The minimum absolute atomic E-state index is 0.797. The van der Waals surface area contributed by atoms with Crippen molar-refractivity contribution in [1.29, 1.82) is 0 Å². The number of rotatable bonds is 2. The molecule has 2 heteroatoms. The van der Waals surface area contributed by atoms with E-state index < -0.39 is 0 Å². The molecule has 1 fully saturated rings. The lowest BCUT2D eigenvalue weighted by molar-refractivity contribution is 0.768. The van der Waals surface area contributed by atoms with Crippen molar-refractivity contribution in [1.82, 2.24) is 0 Å². The second-order valence-corrected chi connectivity index (χ2v) is 4.20. The zero-order valence-electron chi connectivity index (χ0n) is 6.71. The van der Waals surface area contributed by atoms with Crippen LogP contribution in [0.15, 0.2) is 11.4 Å². The average molecular weight is 167 g/mol. The van der Waals surface area contributed by atoms with Crippen molar-refractivity contribution in [3.63, 3.8) is 0 Å². The Morgan fingerprint density at radius 3 is 3.00 bits per heavy atom. The highest BCUT2D eigenvalue weighted by Gasteiger charge is 2.37. The average Bonchev–Trinajstić information content (AvgIpc) is 2.68. The van der Waals surface area contributed by atoms with Gasteiger partial charge in [-0.05, 0) is 35.3 Å². The molecule has 2 unspecified atom stereocenters. The highest BCUT2D eigenvalue weighted by molar-refractivity contribution is 7.14. The molecule has 2 atom stereocenters. The molecule has 2 N–H and O–H groups in total. The molecule has 2 rings (SSSR count). The van der Waals surface area contributed by atoms with Gasteiger partial charge in [0.1, 0.15) is 0 Å². The molecule has 1 nitrogen and oxygen atoms in total. The van der Waals surface area contributed by atoms with E-state index in [-0.39, 0.29) is 0 Å². The monoisotopic (exact) mass is 167 g/mol. The van der Waals surface area contributed by atoms with Crippen molar-refractivity contribution < 1.29 is 0 Å². The third kappa shape index (κ3) is 1.16. The molecule has 0 aliphatic heterocycles. The predicted molar refractivity (Wildman–Crippen MR) is 49.9 cm³/mol. The Kier molecular flexibility index (Phi) is 1.64. The molecule has 0 aromatic carbocycles. The van der Waals surface area contributed by atoms with Gasteiger partial charge in [0, 0.05) is 0 Å². The van der Waals surface area contributed by atoms with Gasteiger partial charge in [-0.15, -0.1) is 11.3 Å². The van der Waals surface area contributed by atoms with Crippen LogP contribution in [0.1, 0.15) is 31.2 Å². The quantitative estimate of drug-likeness (QED) is 0.720. The molecule has 60 valence electrons. The van der Waals surface area contributed by atoms with E-state index in [4.69, 9.17) is 5.73 Å². The van der Waals surface area contributed by atoms with Gasteiger partial charge >= 0.3 is 0 Å². The maximum atomic E-state index is 5.82. The van der Waals surface area contributed by atoms with E-state index in [1.54, 1.807) is 11.3 Å². The summed E-state index contributed by atoms with van der Waals surface area (Å²) in [5.74, 6) is 1.72. The van der Waals surface area contributed by atoms with Crippen LogP contribution in [0.5, 0.6) is 0 Å². The number of anilines is 1. The molecule has 11 heavy (non-hydrogen) atoms. The number of nitrogens with two attached hydrogens (primary N) is 1. The fraction of sp³-hybridized carbons (Fsp3) is 0.556. The van der Waals surface area contributed by atoms with Gasteiger partial charge in [-0.1, -0.05) is 13.3 Å². The lowest BCUT2D eigenvalue weighted by Gasteiger charge is -1.95. The van der Waals surface area contributed by atoms with Crippen LogP contribution in [0, 0.1) is 5.92 Å². The Morgan fingerprint density at radius 1 is 1.73 bits per heavy atom. The van der Waals surface area contributed by atoms with Crippen LogP contribution in [-0.4, -0.2) is 0 Å².